The van der Waals surface area contributed by atoms with Gasteiger partial charge in [0.25, 0.3) is 0 Å². The molecule has 0 aromatic rings. The molecule has 6 nitrogen and oxygen atoms in total. The Bertz CT molecular complexity index is 24.0. The van der Waals surface area contributed by atoms with Gasteiger partial charge >= 0.3 is 0 Å². The molecule has 0 aliphatic rings. The second-order valence-corrected chi connectivity index (χ2v) is 1.19. The molecule has 50 valence electrons. The van der Waals surface area contributed by atoms with Crippen LogP contribution in [-0.2, 0) is 19.5 Å². The zero-order valence-electron chi connectivity index (χ0n) is 3.76. The summed E-state index contributed by atoms with van der Waals surface area (Å²) < 4.78 is 32.7. The first-order chi connectivity index (χ1) is 2.00. The van der Waals surface area contributed by atoms with Crippen LogP contribution in [0.2, 0.25) is 0 Å². The summed E-state index contributed by atoms with van der Waals surface area (Å²) in [6.07, 6.45) is 0. The molecule has 0 amide bonds. The standard InChI is InChI=1S/ClHO4.2H2O.Zn/c2-1(3,4)5;;;/h(H,2,3,4,5);2*1H2;. The van der Waals surface area contributed by atoms with Gasteiger partial charge in [-0.25, -0.2) is 0 Å². The third-order valence-electron chi connectivity index (χ3n) is 0. The second kappa shape index (κ2) is 7.67. The Labute approximate surface area is 59.9 Å². The molecule has 0 unspecified atom stereocenters. The van der Waals surface area contributed by atoms with Crippen LogP contribution in [0.3, 0.4) is 0 Å². The normalized spacial score (nSPS) is 7.50. The molecule has 0 spiro atoms. The predicted octanol–water partition coefficient (Wildman–Crippen LogP) is -5.78. The van der Waals surface area contributed by atoms with Gasteiger partial charge < -0.3 is 11.0 Å². The average Bonchev–Trinajstić information content (AvgIpc) is 0.722. The summed E-state index contributed by atoms with van der Waals surface area (Å²) in [7, 11) is -4.69. The first-order valence-corrected chi connectivity index (χ1v) is 1.90. The van der Waals surface area contributed by atoms with Crippen LogP contribution in [0.4, 0.5) is 0 Å². The van der Waals surface area contributed by atoms with E-state index in [9.17, 15) is 0 Å². The van der Waals surface area contributed by atoms with Crippen LogP contribution in [0.5, 0.6) is 0 Å². The van der Waals surface area contributed by atoms with Crippen molar-refractivity contribution >= 4 is 0 Å². The van der Waals surface area contributed by atoms with Gasteiger partial charge in [0.05, 0.1) is 14.9 Å². The average molecular weight is 202 g/mol. The minimum absolute atomic E-state index is 0. The van der Waals surface area contributed by atoms with Crippen molar-refractivity contribution < 1.29 is 59.3 Å². The van der Waals surface area contributed by atoms with Crippen LogP contribution >= 0.6 is 0 Å². The summed E-state index contributed by atoms with van der Waals surface area (Å²) in [6.45, 7) is 0. The van der Waals surface area contributed by atoms with Crippen LogP contribution < -0.4 is 14.0 Å². The van der Waals surface area contributed by atoms with Crippen LogP contribution in [0.1, 0.15) is 0 Å². The topological polar surface area (TPSA) is 152 Å². The minimum Gasteiger partial charge on any atom is -0.412 e. The van der Waals surface area contributed by atoms with E-state index in [1.807, 2.05) is 0 Å². The Morgan fingerprint density at radius 1 is 1.00 bits per heavy atom. The van der Waals surface area contributed by atoms with Crippen LogP contribution in [0.25, 0.3) is 0 Å². The maximum Gasteiger partial charge on any atom is 0.0777 e. The Balaban J connectivity index is -0.0000000267. The summed E-state index contributed by atoms with van der Waals surface area (Å²) in [5.41, 5.74) is 0. The van der Waals surface area contributed by atoms with E-state index in [0.717, 1.165) is 0 Å². The van der Waals surface area contributed by atoms with Gasteiger partial charge in [-0.3, -0.25) is 0 Å². The van der Waals surface area contributed by atoms with Crippen molar-refractivity contribution in [2.24, 2.45) is 0 Å². The molecule has 0 atom stereocenters. The van der Waals surface area contributed by atoms with Crippen molar-refractivity contribution in [3.8, 4) is 0 Å². The zero-order valence-corrected chi connectivity index (χ0v) is 7.48. The SMILES string of the molecule is O.O.[O-][Cl+3]([O-])([O-])O.[Zn]. The fourth-order valence-corrected chi connectivity index (χ4v) is 0. The third-order valence-corrected chi connectivity index (χ3v) is 0. The van der Waals surface area contributed by atoms with E-state index in [2.05, 4.69) is 0 Å². The van der Waals surface area contributed by atoms with Crippen molar-refractivity contribution in [1.82, 2.24) is 0 Å². The largest absolute Gasteiger partial charge is 0.412 e. The van der Waals surface area contributed by atoms with Gasteiger partial charge in [-0.05, 0) is 0 Å². The molecule has 0 saturated heterocycles. The van der Waals surface area contributed by atoms with Crippen molar-refractivity contribution in [1.29, 1.82) is 0 Å². The molecule has 0 rings (SSSR count). The summed E-state index contributed by atoms with van der Waals surface area (Å²) in [5, 5.41) is 0. The fraction of sp³-hybridized carbons (Fsp3) is 0. The number of hydrogen-bond acceptors (Lipinski definition) is 4. The molecule has 0 bridgehead atoms. The molecule has 0 heterocycles. The molecule has 8 heavy (non-hydrogen) atoms. The molecular formula is H5ClO6Zn. The Kier molecular flexibility index (Phi) is 22.4. The van der Waals surface area contributed by atoms with Crippen LogP contribution in [0.15, 0.2) is 0 Å². The predicted molar refractivity (Wildman–Crippen MR) is 9.45 cm³/mol. The van der Waals surface area contributed by atoms with Crippen LogP contribution in [0, 0.1) is 10.2 Å². The summed E-state index contributed by atoms with van der Waals surface area (Å²) >= 11 is 0. The molecule has 0 aliphatic carbocycles. The maximum absolute atomic E-state index is 8.60. The first kappa shape index (κ1) is 23.4. The zero-order chi connectivity index (χ0) is 4.50. The molecule has 0 aliphatic heterocycles. The van der Waals surface area contributed by atoms with Gasteiger partial charge in [0, 0.05) is 19.5 Å². The van der Waals surface area contributed by atoms with Gasteiger partial charge in [-0.1, -0.05) is 0 Å². The van der Waals surface area contributed by atoms with E-state index in [4.69, 9.17) is 18.6 Å². The Morgan fingerprint density at radius 2 is 1.00 bits per heavy atom. The van der Waals surface area contributed by atoms with Crippen molar-refractivity contribution in [2.45, 2.75) is 0 Å². The molecule has 5 N–H and O–H groups in total. The monoisotopic (exact) mass is 200 g/mol. The van der Waals surface area contributed by atoms with E-state index >= 15 is 0 Å². The van der Waals surface area contributed by atoms with Crippen molar-refractivity contribution in [3.63, 3.8) is 0 Å². The maximum atomic E-state index is 8.60. The van der Waals surface area contributed by atoms with Gasteiger partial charge in [0.1, 0.15) is 0 Å². The quantitative estimate of drug-likeness (QED) is 0.388. The van der Waals surface area contributed by atoms with Gasteiger partial charge in [-0.15, -0.1) is 0 Å². The van der Waals surface area contributed by atoms with E-state index in [1.165, 1.54) is 0 Å². The van der Waals surface area contributed by atoms with E-state index in [-0.39, 0.29) is 30.4 Å². The second-order valence-electron chi connectivity index (χ2n) is 0.396. The molecule has 0 aromatic carbocycles. The fourth-order valence-electron chi connectivity index (χ4n) is 0. The van der Waals surface area contributed by atoms with E-state index < -0.39 is 10.2 Å². The number of halogens is 1. The first-order valence-electron chi connectivity index (χ1n) is 0.632. The molecule has 0 fully saturated rings. The smallest absolute Gasteiger partial charge is 0.0777 e. The van der Waals surface area contributed by atoms with Gasteiger partial charge in [0.2, 0.25) is 0 Å². The Morgan fingerprint density at radius 3 is 1.00 bits per heavy atom. The van der Waals surface area contributed by atoms with E-state index in [0.29, 0.717) is 0 Å². The number of rotatable bonds is 0. The Hall–Kier alpha value is 0.673. The molecular weight excluding hydrogens is 197 g/mol. The van der Waals surface area contributed by atoms with Crippen molar-refractivity contribution in [3.05, 3.63) is 0 Å². The van der Waals surface area contributed by atoms with E-state index in [1.54, 1.807) is 0 Å². The van der Waals surface area contributed by atoms with Gasteiger partial charge in [-0.2, -0.15) is 14.0 Å². The van der Waals surface area contributed by atoms with Gasteiger partial charge in [0.15, 0.2) is 0 Å². The summed E-state index contributed by atoms with van der Waals surface area (Å²) in [5.74, 6) is 0. The molecule has 0 aromatic heterocycles. The number of hydrogen-bond donors (Lipinski definition) is 1. The molecule has 0 radical (unpaired) electrons. The molecule has 0 saturated carbocycles. The van der Waals surface area contributed by atoms with Crippen molar-refractivity contribution in [2.75, 3.05) is 0 Å². The van der Waals surface area contributed by atoms with Crippen LogP contribution in [-0.4, -0.2) is 15.6 Å². The third kappa shape index (κ3) is 474. The summed E-state index contributed by atoms with van der Waals surface area (Å²) in [4.78, 5) is 0. The summed E-state index contributed by atoms with van der Waals surface area (Å²) in [6, 6.07) is 0. The molecule has 8 heteroatoms. The minimum atomic E-state index is -4.69.